The minimum absolute atomic E-state index is 0.0893. The van der Waals surface area contributed by atoms with E-state index >= 15 is 0 Å². The van der Waals surface area contributed by atoms with E-state index in [0.29, 0.717) is 12.1 Å². The predicted molar refractivity (Wildman–Crippen MR) is 126 cm³/mol. The molecular formula is C25H26N6O. The molecular weight excluding hydrogens is 400 g/mol. The number of hydrogen-bond donors (Lipinski definition) is 2. The first kappa shape index (κ1) is 20.2. The van der Waals surface area contributed by atoms with Gasteiger partial charge in [0.15, 0.2) is 5.82 Å². The van der Waals surface area contributed by atoms with Crippen molar-refractivity contribution >= 4 is 22.6 Å². The zero-order chi connectivity index (χ0) is 21.9. The van der Waals surface area contributed by atoms with E-state index in [2.05, 4.69) is 15.2 Å². The zero-order valence-electron chi connectivity index (χ0n) is 17.8. The maximum atomic E-state index is 12.6. The fourth-order valence-electron chi connectivity index (χ4n) is 4.11. The molecule has 1 aliphatic heterocycles. The van der Waals surface area contributed by atoms with E-state index in [4.69, 9.17) is 10.7 Å². The lowest BCUT2D eigenvalue weighted by Crippen LogP contribution is -2.40. The average molecular weight is 427 g/mol. The number of anilines is 1. The number of carbonyl (C=O) groups excluding carboxylic acids is 1. The highest BCUT2D eigenvalue weighted by atomic mass is 16.1. The second kappa shape index (κ2) is 8.80. The van der Waals surface area contributed by atoms with Crippen molar-refractivity contribution in [3.63, 3.8) is 0 Å². The Kier molecular flexibility index (Phi) is 5.56. The Balaban J connectivity index is 1.35. The van der Waals surface area contributed by atoms with Crippen LogP contribution in [0.25, 0.3) is 16.7 Å². The maximum Gasteiger partial charge on any atom is 0.251 e. The van der Waals surface area contributed by atoms with E-state index < -0.39 is 0 Å². The number of rotatable bonds is 5. The van der Waals surface area contributed by atoms with Gasteiger partial charge in [0.05, 0.1) is 17.9 Å². The standard InChI is InChI=1S/C25H26N6O/c26-21-9-11-30(12-10-21)23-16-27-17-24(29-23)31-13-8-19-14-20(6-7-22(19)31)25(32)28-15-18-4-2-1-3-5-18/h1-8,13-14,16-17,21H,9-12,15,26H2,(H,28,32). The Morgan fingerprint density at radius 2 is 1.81 bits per heavy atom. The molecule has 0 atom stereocenters. The summed E-state index contributed by atoms with van der Waals surface area (Å²) in [7, 11) is 0. The van der Waals surface area contributed by atoms with Gasteiger partial charge >= 0.3 is 0 Å². The Hall–Kier alpha value is -3.71. The molecule has 3 N–H and O–H groups in total. The van der Waals surface area contributed by atoms with E-state index in [1.807, 2.05) is 65.4 Å². The van der Waals surface area contributed by atoms with Crippen LogP contribution in [0.4, 0.5) is 5.82 Å². The topological polar surface area (TPSA) is 89.1 Å². The molecule has 32 heavy (non-hydrogen) atoms. The molecule has 0 saturated carbocycles. The molecule has 1 amide bonds. The van der Waals surface area contributed by atoms with Crippen LogP contribution >= 0.6 is 0 Å². The molecule has 0 unspecified atom stereocenters. The first-order chi connectivity index (χ1) is 15.7. The van der Waals surface area contributed by atoms with Crippen molar-refractivity contribution in [2.75, 3.05) is 18.0 Å². The number of nitrogens with one attached hydrogen (secondary N) is 1. The minimum atomic E-state index is -0.0893. The first-order valence-electron chi connectivity index (χ1n) is 10.9. The lowest BCUT2D eigenvalue weighted by Gasteiger charge is -2.30. The summed E-state index contributed by atoms with van der Waals surface area (Å²) in [6.07, 6.45) is 7.47. The molecule has 0 spiro atoms. The molecule has 162 valence electrons. The fraction of sp³-hybridized carbons (Fsp3) is 0.240. The summed E-state index contributed by atoms with van der Waals surface area (Å²) in [6, 6.07) is 17.9. The van der Waals surface area contributed by atoms with E-state index in [9.17, 15) is 4.79 Å². The number of nitrogens with two attached hydrogens (primary N) is 1. The van der Waals surface area contributed by atoms with Crippen molar-refractivity contribution in [1.82, 2.24) is 19.9 Å². The molecule has 1 aliphatic rings. The third kappa shape index (κ3) is 4.20. The van der Waals surface area contributed by atoms with Crippen LogP contribution in [0.1, 0.15) is 28.8 Å². The first-order valence-corrected chi connectivity index (χ1v) is 10.9. The van der Waals surface area contributed by atoms with Gasteiger partial charge in [0, 0.05) is 42.8 Å². The second-order valence-electron chi connectivity index (χ2n) is 8.19. The number of piperidine rings is 1. The third-order valence-corrected chi connectivity index (χ3v) is 5.97. The van der Waals surface area contributed by atoms with Crippen LogP contribution < -0.4 is 16.0 Å². The van der Waals surface area contributed by atoms with Crippen LogP contribution in [0.2, 0.25) is 0 Å². The summed E-state index contributed by atoms with van der Waals surface area (Å²) in [5, 5.41) is 3.96. The number of fused-ring (bicyclic) bond motifs is 1. The molecule has 0 aliphatic carbocycles. The SMILES string of the molecule is NC1CCN(c2cncc(-n3ccc4cc(C(=O)NCc5ccccc5)ccc43)n2)CC1. The van der Waals surface area contributed by atoms with Gasteiger partial charge in [-0.3, -0.25) is 14.3 Å². The van der Waals surface area contributed by atoms with Crippen molar-refractivity contribution in [2.45, 2.75) is 25.4 Å². The molecule has 4 aromatic rings. The van der Waals surface area contributed by atoms with Crippen molar-refractivity contribution < 1.29 is 4.79 Å². The van der Waals surface area contributed by atoms with Crippen LogP contribution in [0, 0.1) is 0 Å². The number of amides is 1. The second-order valence-corrected chi connectivity index (χ2v) is 8.19. The van der Waals surface area contributed by atoms with E-state index in [1.165, 1.54) is 0 Å². The number of carbonyl (C=O) groups is 1. The quantitative estimate of drug-likeness (QED) is 0.511. The predicted octanol–water partition coefficient (Wildman–Crippen LogP) is 3.28. The molecule has 7 nitrogen and oxygen atoms in total. The van der Waals surface area contributed by atoms with E-state index in [-0.39, 0.29) is 11.9 Å². The number of hydrogen-bond acceptors (Lipinski definition) is 5. The average Bonchev–Trinajstić information content (AvgIpc) is 3.27. The molecule has 2 aromatic heterocycles. The number of nitrogens with zero attached hydrogens (tertiary/aromatic N) is 4. The molecule has 1 saturated heterocycles. The van der Waals surface area contributed by atoms with Crippen molar-refractivity contribution in [3.05, 3.63) is 84.3 Å². The van der Waals surface area contributed by atoms with Gasteiger partial charge in [-0.05, 0) is 42.7 Å². The number of benzene rings is 2. The molecule has 1 fully saturated rings. The largest absolute Gasteiger partial charge is 0.355 e. The Labute approximate surface area is 186 Å². The highest BCUT2D eigenvalue weighted by Crippen LogP contribution is 2.23. The third-order valence-electron chi connectivity index (χ3n) is 5.97. The van der Waals surface area contributed by atoms with Gasteiger partial charge < -0.3 is 16.0 Å². The smallest absolute Gasteiger partial charge is 0.251 e. The van der Waals surface area contributed by atoms with Gasteiger partial charge in [-0.1, -0.05) is 30.3 Å². The van der Waals surface area contributed by atoms with Crippen molar-refractivity contribution in [1.29, 1.82) is 0 Å². The summed E-state index contributed by atoms with van der Waals surface area (Å²) >= 11 is 0. The summed E-state index contributed by atoms with van der Waals surface area (Å²) in [5.41, 5.74) is 8.72. The lowest BCUT2D eigenvalue weighted by atomic mass is 10.1. The van der Waals surface area contributed by atoms with Crippen LogP contribution in [-0.2, 0) is 6.54 Å². The Morgan fingerprint density at radius 1 is 1.03 bits per heavy atom. The van der Waals surface area contributed by atoms with Gasteiger partial charge in [0.25, 0.3) is 5.91 Å². The van der Waals surface area contributed by atoms with Crippen LogP contribution in [0.5, 0.6) is 0 Å². The van der Waals surface area contributed by atoms with Gasteiger partial charge in [0.2, 0.25) is 0 Å². The summed E-state index contributed by atoms with van der Waals surface area (Å²) in [5.74, 6) is 1.54. The van der Waals surface area contributed by atoms with E-state index in [0.717, 1.165) is 54.0 Å². The zero-order valence-corrected chi connectivity index (χ0v) is 17.8. The van der Waals surface area contributed by atoms with Crippen LogP contribution in [0.15, 0.2) is 73.2 Å². The highest BCUT2D eigenvalue weighted by molar-refractivity contribution is 5.98. The summed E-state index contributed by atoms with van der Waals surface area (Å²) < 4.78 is 2.01. The van der Waals surface area contributed by atoms with Crippen molar-refractivity contribution in [3.8, 4) is 5.82 Å². The highest BCUT2D eigenvalue weighted by Gasteiger charge is 2.18. The van der Waals surface area contributed by atoms with E-state index in [1.54, 1.807) is 12.4 Å². The summed E-state index contributed by atoms with van der Waals surface area (Å²) in [4.78, 5) is 24.1. The van der Waals surface area contributed by atoms with Gasteiger partial charge in [-0.15, -0.1) is 0 Å². The lowest BCUT2D eigenvalue weighted by molar-refractivity contribution is 0.0951. The maximum absolute atomic E-state index is 12.6. The Morgan fingerprint density at radius 3 is 2.62 bits per heavy atom. The molecule has 3 heterocycles. The summed E-state index contributed by atoms with van der Waals surface area (Å²) in [6.45, 7) is 2.29. The van der Waals surface area contributed by atoms with Crippen LogP contribution in [0.3, 0.4) is 0 Å². The molecule has 7 heteroatoms. The minimum Gasteiger partial charge on any atom is -0.355 e. The fourth-order valence-corrected chi connectivity index (χ4v) is 4.11. The normalized spacial score (nSPS) is 14.6. The molecule has 0 radical (unpaired) electrons. The Bertz CT molecular complexity index is 1230. The molecule has 0 bridgehead atoms. The van der Waals surface area contributed by atoms with Crippen molar-refractivity contribution in [2.24, 2.45) is 5.73 Å². The van der Waals surface area contributed by atoms with Gasteiger partial charge in [-0.25, -0.2) is 4.98 Å². The molecule has 5 rings (SSSR count). The number of aromatic nitrogens is 3. The van der Waals surface area contributed by atoms with Gasteiger partial charge in [0.1, 0.15) is 5.82 Å². The monoisotopic (exact) mass is 426 g/mol. The van der Waals surface area contributed by atoms with Crippen LogP contribution in [-0.4, -0.2) is 39.6 Å². The molecule has 2 aromatic carbocycles. The van der Waals surface area contributed by atoms with Gasteiger partial charge in [-0.2, -0.15) is 0 Å².